The molecule has 0 saturated carbocycles. The van der Waals surface area contributed by atoms with Gasteiger partial charge in [0.25, 0.3) is 0 Å². The smallest absolute Gasteiger partial charge is 0.143 e. The molecule has 46 heavy (non-hydrogen) atoms. The van der Waals surface area contributed by atoms with Gasteiger partial charge in [-0.1, -0.05) is 88.4 Å². The van der Waals surface area contributed by atoms with Gasteiger partial charge in [0, 0.05) is 43.7 Å². The third kappa shape index (κ3) is 5.61. The van der Waals surface area contributed by atoms with Gasteiger partial charge in [-0.15, -0.1) is 29.8 Å². The van der Waals surface area contributed by atoms with Gasteiger partial charge in [-0.05, 0) is 70.7 Å². The zero-order valence-corrected chi connectivity index (χ0v) is 28.5. The summed E-state index contributed by atoms with van der Waals surface area (Å²) < 4.78 is 2.12. The third-order valence-corrected chi connectivity index (χ3v) is 8.38. The van der Waals surface area contributed by atoms with E-state index in [9.17, 15) is 5.11 Å². The number of phenols is 1. The maximum absolute atomic E-state index is 11.7. The molecule has 0 aliphatic rings. The molecule has 0 bridgehead atoms. The van der Waals surface area contributed by atoms with Crippen molar-refractivity contribution in [1.29, 1.82) is 0 Å². The molecule has 0 unspecified atom stereocenters. The number of aromatic nitrogens is 3. The second kappa shape index (κ2) is 12.9. The fourth-order valence-electron chi connectivity index (χ4n) is 6.04. The molecule has 0 saturated heterocycles. The molecule has 0 radical (unpaired) electrons. The molecular formula is C40H35N4OPt-. The van der Waals surface area contributed by atoms with E-state index in [2.05, 4.69) is 103 Å². The Bertz CT molecular complexity index is 2100. The van der Waals surface area contributed by atoms with Crippen molar-refractivity contribution in [2.24, 2.45) is 0 Å². The third-order valence-electron chi connectivity index (χ3n) is 8.38. The molecule has 232 valence electrons. The van der Waals surface area contributed by atoms with E-state index in [-0.39, 0.29) is 27.0 Å². The van der Waals surface area contributed by atoms with Crippen LogP contribution in [0.4, 0.5) is 17.2 Å². The Balaban J connectivity index is 0.00000372. The molecular weight excluding hydrogens is 748 g/mol. The van der Waals surface area contributed by atoms with Crippen LogP contribution >= 0.6 is 0 Å². The quantitative estimate of drug-likeness (QED) is 0.164. The predicted octanol–water partition coefficient (Wildman–Crippen LogP) is 10.5. The van der Waals surface area contributed by atoms with Gasteiger partial charge in [0.1, 0.15) is 17.2 Å². The number of nitrogens with zero attached hydrogens (tertiary/aromatic N) is 4. The first-order valence-electron chi connectivity index (χ1n) is 15.5. The monoisotopic (exact) mass is 782 g/mol. The molecule has 0 aliphatic carbocycles. The van der Waals surface area contributed by atoms with Crippen LogP contribution in [0.3, 0.4) is 0 Å². The van der Waals surface area contributed by atoms with E-state index in [1.54, 1.807) is 6.20 Å². The van der Waals surface area contributed by atoms with Crippen LogP contribution in [0.1, 0.15) is 50.7 Å². The Morgan fingerprint density at radius 3 is 2.24 bits per heavy atom. The number of hydrogen-bond donors (Lipinski definition) is 1. The first-order valence-corrected chi connectivity index (χ1v) is 15.5. The summed E-state index contributed by atoms with van der Waals surface area (Å²) in [6.45, 7) is 8.62. The minimum absolute atomic E-state index is 0. The molecule has 7 aromatic rings. The maximum atomic E-state index is 11.7. The van der Waals surface area contributed by atoms with E-state index in [0.717, 1.165) is 61.6 Å². The Labute approximate surface area is 284 Å². The zero-order chi connectivity index (χ0) is 31.1. The van der Waals surface area contributed by atoms with Gasteiger partial charge >= 0.3 is 0 Å². The van der Waals surface area contributed by atoms with E-state index in [4.69, 9.17) is 4.98 Å². The minimum Gasteiger partial charge on any atom is -0.505 e. The van der Waals surface area contributed by atoms with Gasteiger partial charge in [-0.2, -0.15) is 0 Å². The number of benzene rings is 4. The van der Waals surface area contributed by atoms with Crippen LogP contribution < -0.4 is 4.90 Å². The van der Waals surface area contributed by atoms with Gasteiger partial charge in [-0.3, -0.25) is 9.55 Å². The van der Waals surface area contributed by atoms with E-state index >= 15 is 0 Å². The molecule has 3 heterocycles. The Morgan fingerprint density at radius 1 is 0.739 bits per heavy atom. The molecule has 0 atom stereocenters. The van der Waals surface area contributed by atoms with Crippen LogP contribution in [0.5, 0.6) is 5.75 Å². The largest absolute Gasteiger partial charge is 0.505 e. The van der Waals surface area contributed by atoms with Crippen molar-refractivity contribution in [3.8, 4) is 22.7 Å². The number of aromatic hydroxyl groups is 1. The summed E-state index contributed by atoms with van der Waals surface area (Å²) in [5.41, 5.74) is 8.20. The van der Waals surface area contributed by atoms with Gasteiger partial charge in [0.15, 0.2) is 0 Å². The molecule has 1 N–H and O–H groups in total. The summed E-state index contributed by atoms with van der Waals surface area (Å²) in [5.74, 6) is 1.58. The molecule has 3 aromatic heterocycles. The summed E-state index contributed by atoms with van der Waals surface area (Å²) in [4.78, 5) is 12.0. The SMILES string of the molecule is CC(C)c1cc(C(C)C)c(O)c(-n2c3ccccc3c3ccc(-c4[c-]c(N(c5ccccc5)c5ccccn5)ccc4)nc32)c1.[Pt]. The summed E-state index contributed by atoms with van der Waals surface area (Å²) in [5, 5.41) is 13.8. The van der Waals surface area contributed by atoms with Crippen molar-refractivity contribution in [3.63, 3.8) is 0 Å². The zero-order valence-electron chi connectivity index (χ0n) is 26.3. The maximum Gasteiger partial charge on any atom is 0.143 e. The molecule has 0 spiro atoms. The number of rotatable bonds is 7. The first-order chi connectivity index (χ1) is 21.9. The second-order valence-corrected chi connectivity index (χ2v) is 12.0. The molecule has 0 aliphatic heterocycles. The van der Waals surface area contributed by atoms with Crippen molar-refractivity contribution >= 4 is 39.1 Å². The van der Waals surface area contributed by atoms with E-state index in [1.165, 1.54) is 5.56 Å². The van der Waals surface area contributed by atoms with Gasteiger partial charge in [-0.25, -0.2) is 4.98 Å². The topological polar surface area (TPSA) is 54.2 Å². The number of pyridine rings is 2. The standard InChI is InChI=1S/C40H35N4O.Pt/c1-26(2)29-24-34(27(3)4)39(45)37(25-29)44-36-18-9-8-17-32(36)33-20-21-35(42-40(33)44)28-13-12-16-31(23-28)43(30-14-6-5-7-15-30)38-19-10-11-22-41-38;/h5-22,24-27,45H,1-4H3;/q-1;. The molecule has 0 fully saturated rings. The number of hydrogen-bond acceptors (Lipinski definition) is 4. The molecule has 4 aromatic carbocycles. The van der Waals surface area contributed by atoms with Gasteiger partial charge in [0.2, 0.25) is 0 Å². The van der Waals surface area contributed by atoms with Gasteiger partial charge in [0.05, 0.1) is 11.2 Å². The van der Waals surface area contributed by atoms with Crippen LogP contribution in [0.2, 0.25) is 0 Å². The first kappa shape index (κ1) is 31.3. The van der Waals surface area contributed by atoms with Crippen LogP contribution in [-0.4, -0.2) is 19.6 Å². The number of fused-ring (bicyclic) bond motifs is 3. The average molecular weight is 783 g/mol. The van der Waals surface area contributed by atoms with Crippen molar-refractivity contribution in [2.45, 2.75) is 39.5 Å². The Hall–Kier alpha value is -4.73. The van der Waals surface area contributed by atoms with E-state index in [1.807, 2.05) is 60.7 Å². The summed E-state index contributed by atoms with van der Waals surface area (Å²) in [7, 11) is 0. The van der Waals surface area contributed by atoms with E-state index in [0.29, 0.717) is 11.7 Å². The van der Waals surface area contributed by atoms with Crippen molar-refractivity contribution < 1.29 is 26.2 Å². The average Bonchev–Trinajstić information content (AvgIpc) is 3.39. The minimum atomic E-state index is 0. The number of phenolic OH excluding ortho intramolecular Hbond substituents is 1. The summed E-state index contributed by atoms with van der Waals surface area (Å²) in [6.07, 6.45) is 1.80. The van der Waals surface area contributed by atoms with Crippen molar-refractivity contribution in [2.75, 3.05) is 4.90 Å². The molecule has 6 heteroatoms. The fraction of sp³-hybridized carbons (Fsp3) is 0.150. The van der Waals surface area contributed by atoms with Crippen molar-refractivity contribution in [1.82, 2.24) is 14.5 Å². The Kier molecular flexibility index (Phi) is 8.79. The van der Waals surface area contributed by atoms with Crippen LogP contribution in [0, 0.1) is 6.07 Å². The van der Waals surface area contributed by atoms with Crippen molar-refractivity contribution in [3.05, 3.63) is 139 Å². The fourth-order valence-corrected chi connectivity index (χ4v) is 6.04. The normalized spacial score (nSPS) is 11.3. The molecule has 7 rings (SSSR count). The summed E-state index contributed by atoms with van der Waals surface area (Å²) in [6, 6.07) is 42.6. The molecule has 5 nitrogen and oxygen atoms in total. The Morgan fingerprint density at radius 2 is 1.50 bits per heavy atom. The number of para-hydroxylation sites is 2. The predicted molar refractivity (Wildman–Crippen MR) is 185 cm³/mol. The van der Waals surface area contributed by atoms with Crippen LogP contribution in [-0.2, 0) is 21.1 Å². The summed E-state index contributed by atoms with van der Waals surface area (Å²) >= 11 is 0. The second-order valence-electron chi connectivity index (χ2n) is 12.0. The number of anilines is 3. The molecule has 0 amide bonds. The van der Waals surface area contributed by atoms with Crippen LogP contribution in [0.25, 0.3) is 38.9 Å². The van der Waals surface area contributed by atoms with Crippen LogP contribution in [0.15, 0.2) is 121 Å². The van der Waals surface area contributed by atoms with E-state index < -0.39 is 0 Å². The van der Waals surface area contributed by atoms with Gasteiger partial charge < -0.3 is 10.0 Å².